The van der Waals surface area contributed by atoms with E-state index in [0.29, 0.717) is 13.0 Å². The van der Waals surface area contributed by atoms with Crippen LogP contribution in [0.3, 0.4) is 0 Å². The van der Waals surface area contributed by atoms with Crippen molar-refractivity contribution in [3.63, 3.8) is 0 Å². The van der Waals surface area contributed by atoms with Gasteiger partial charge in [0.2, 0.25) is 5.91 Å². The molecule has 1 aromatic carbocycles. The lowest BCUT2D eigenvalue weighted by molar-refractivity contribution is -0.121. The average molecular weight is 263 g/mol. The van der Waals surface area contributed by atoms with Crippen LogP contribution in [0.1, 0.15) is 44.2 Å². The summed E-state index contributed by atoms with van der Waals surface area (Å²) in [4.78, 5) is 11.8. The van der Waals surface area contributed by atoms with E-state index in [1.54, 1.807) is 7.11 Å². The van der Waals surface area contributed by atoms with Crippen LogP contribution >= 0.6 is 0 Å². The number of hydrogen-bond donors (Lipinski definition) is 1. The molecule has 1 aliphatic rings. The van der Waals surface area contributed by atoms with Crippen molar-refractivity contribution in [3.05, 3.63) is 23.8 Å². The fraction of sp³-hybridized carbons (Fsp3) is 0.533. The molecule has 0 aliphatic carbocycles. The Hall–Kier alpha value is -1.71. The molecule has 1 aromatic rings. The van der Waals surface area contributed by atoms with Crippen molar-refractivity contribution in [2.24, 2.45) is 0 Å². The van der Waals surface area contributed by atoms with Crippen LogP contribution in [-0.4, -0.2) is 19.6 Å². The smallest absolute Gasteiger partial charge is 0.220 e. The van der Waals surface area contributed by atoms with E-state index in [1.165, 1.54) is 0 Å². The minimum atomic E-state index is 0.0200. The third-order valence-corrected chi connectivity index (χ3v) is 3.30. The lowest BCUT2D eigenvalue weighted by Crippen LogP contribution is -2.27. The topological polar surface area (TPSA) is 47.6 Å². The van der Waals surface area contributed by atoms with Crippen LogP contribution in [0.25, 0.3) is 0 Å². The number of rotatable bonds is 4. The van der Waals surface area contributed by atoms with Gasteiger partial charge in [0.05, 0.1) is 19.8 Å². The zero-order valence-electron chi connectivity index (χ0n) is 11.6. The Balaban J connectivity index is 2.22. The number of nitrogens with one attached hydrogen (secondary N) is 1. The van der Waals surface area contributed by atoms with E-state index >= 15 is 0 Å². The van der Waals surface area contributed by atoms with Gasteiger partial charge in [-0.25, -0.2) is 0 Å². The van der Waals surface area contributed by atoms with Crippen LogP contribution in [0.15, 0.2) is 18.2 Å². The van der Waals surface area contributed by atoms with E-state index < -0.39 is 0 Å². The van der Waals surface area contributed by atoms with Gasteiger partial charge in [-0.3, -0.25) is 4.79 Å². The molecule has 1 N–H and O–H groups in total. The molecule has 1 atom stereocenters. The first-order valence-corrected chi connectivity index (χ1v) is 6.84. The molecule has 104 valence electrons. The third-order valence-electron chi connectivity index (χ3n) is 3.30. The highest BCUT2D eigenvalue weighted by molar-refractivity contribution is 5.76. The molecule has 1 amide bonds. The van der Waals surface area contributed by atoms with Gasteiger partial charge >= 0.3 is 0 Å². The van der Waals surface area contributed by atoms with Crippen molar-refractivity contribution in [2.75, 3.05) is 13.7 Å². The predicted octanol–water partition coefficient (Wildman–Crippen LogP) is 2.83. The Kier molecular flexibility index (Phi) is 4.66. The molecule has 1 heterocycles. The summed E-state index contributed by atoms with van der Waals surface area (Å²) in [6.45, 7) is 2.70. The number of benzene rings is 1. The lowest BCUT2D eigenvalue weighted by atomic mass is 10.0. The fourth-order valence-electron chi connectivity index (χ4n) is 2.33. The molecule has 0 fully saturated rings. The summed E-state index contributed by atoms with van der Waals surface area (Å²) < 4.78 is 11.0. The van der Waals surface area contributed by atoms with Gasteiger partial charge in [-0.15, -0.1) is 0 Å². The Morgan fingerprint density at radius 3 is 3.11 bits per heavy atom. The van der Waals surface area contributed by atoms with Gasteiger partial charge in [0.1, 0.15) is 11.5 Å². The number of fused-ring (bicyclic) bond motifs is 1. The van der Waals surface area contributed by atoms with Crippen LogP contribution < -0.4 is 14.8 Å². The molecule has 2 rings (SSSR count). The van der Waals surface area contributed by atoms with Gasteiger partial charge in [0.15, 0.2) is 0 Å². The second kappa shape index (κ2) is 6.45. The van der Waals surface area contributed by atoms with E-state index in [9.17, 15) is 4.79 Å². The minimum Gasteiger partial charge on any atom is -0.497 e. The van der Waals surface area contributed by atoms with Crippen molar-refractivity contribution in [1.82, 2.24) is 5.32 Å². The van der Waals surface area contributed by atoms with Gasteiger partial charge in [0.25, 0.3) is 0 Å². The van der Waals surface area contributed by atoms with Gasteiger partial charge in [-0.05, 0) is 37.5 Å². The molecule has 0 saturated carbocycles. The normalized spacial score (nSPS) is 17.9. The Bertz CT molecular complexity index is 445. The standard InChI is InChI=1S/C15H21NO3/c1-3-5-15(17)16-13-6-4-9-19-14-8-7-11(18-2)10-12(13)14/h7-8,10,13H,3-6,9H2,1-2H3,(H,16,17). The van der Waals surface area contributed by atoms with E-state index in [-0.39, 0.29) is 11.9 Å². The van der Waals surface area contributed by atoms with Crippen molar-refractivity contribution < 1.29 is 14.3 Å². The number of carbonyl (C=O) groups excluding carboxylic acids is 1. The second-order valence-electron chi connectivity index (χ2n) is 4.76. The highest BCUT2D eigenvalue weighted by Gasteiger charge is 2.21. The third kappa shape index (κ3) is 3.40. The SMILES string of the molecule is CCCC(=O)NC1CCCOc2ccc(OC)cc21. The summed E-state index contributed by atoms with van der Waals surface area (Å²) in [5.41, 5.74) is 1.02. The molecule has 0 bridgehead atoms. The first-order valence-electron chi connectivity index (χ1n) is 6.84. The molecular formula is C15H21NO3. The molecule has 0 saturated heterocycles. The minimum absolute atomic E-state index is 0.0200. The van der Waals surface area contributed by atoms with E-state index in [2.05, 4.69) is 5.32 Å². The molecule has 0 spiro atoms. The predicted molar refractivity (Wildman–Crippen MR) is 73.5 cm³/mol. The van der Waals surface area contributed by atoms with E-state index in [4.69, 9.17) is 9.47 Å². The van der Waals surface area contributed by atoms with Crippen LogP contribution in [-0.2, 0) is 4.79 Å². The van der Waals surface area contributed by atoms with Crippen molar-refractivity contribution >= 4 is 5.91 Å². The van der Waals surface area contributed by atoms with E-state index in [1.807, 2.05) is 25.1 Å². The van der Waals surface area contributed by atoms with E-state index in [0.717, 1.165) is 36.3 Å². The maximum Gasteiger partial charge on any atom is 0.220 e. The summed E-state index contributed by atoms with van der Waals surface area (Å²) in [6, 6.07) is 5.78. The molecule has 1 unspecified atom stereocenters. The maximum absolute atomic E-state index is 11.8. The molecular weight excluding hydrogens is 242 g/mol. The number of ether oxygens (including phenoxy) is 2. The first-order chi connectivity index (χ1) is 9.24. The molecule has 19 heavy (non-hydrogen) atoms. The number of carbonyl (C=O) groups is 1. The number of hydrogen-bond acceptors (Lipinski definition) is 3. The van der Waals surface area contributed by atoms with Gasteiger partial charge in [0, 0.05) is 12.0 Å². The maximum atomic E-state index is 11.8. The molecule has 0 aromatic heterocycles. The number of methoxy groups -OCH3 is 1. The van der Waals surface area contributed by atoms with Crippen molar-refractivity contribution in [2.45, 2.75) is 38.6 Å². The molecule has 0 radical (unpaired) electrons. The number of amides is 1. The summed E-state index contributed by atoms with van der Waals surface area (Å²) in [5.74, 6) is 1.74. The highest BCUT2D eigenvalue weighted by atomic mass is 16.5. The van der Waals surface area contributed by atoms with Gasteiger partial charge in [-0.2, -0.15) is 0 Å². The quantitative estimate of drug-likeness (QED) is 0.908. The monoisotopic (exact) mass is 263 g/mol. The summed E-state index contributed by atoms with van der Waals surface area (Å²) >= 11 is 0. The molecule has 4 nitrogen and oxygen atoms in total. The summed E-state index contributed by atoms with van der Waals surface area (Å²) in [5, 5.41) is 3.09. The largest absolute Gasteiger partial charge is 0.497 e. The zero-order chi connectivity index (χ0) is 13.7. The first kappa shape index (κ1) is 13.7. The van der Waals surface area contributed by atoms with Crippen LogP contribution in [0, 0.1) is 0 Å². The van der Waals surface area contributed by atoms with Crippen molar-refractivity contribution in [1.29, 1.82) is 0 Å². The van der Waals surface area contributed by atoms with Gasteiger partial charge in [-0.1, -0.05) is 6.92 Å². The van der Waals surface area contributed by atoms with Gasteiger partial charge < -0.3 is 14.8 Å². The second-order valence-corrected chi connectivity index (χ2v) is 4.76. The van der Waals surface area contributed by atoms with Crippen LogP contribution in [0.2, 0.25) is 0 Å². The fourth-order valence-corrected chi connectivity index (χ4v) is 2.33. The Morgan fingerprint density at radius 2 is 2.37 bits per heavy atom. The molecule has 1 aliphatic heterocycles. The molecule has 4 heteroatoms. The highest BCUT2D eigenvalue weighted by Crippen LogP contribution is 2.34. The van der Waals surface area contributed by atoms with Crippen molar-refractivity contribution in [3.8, 4) is 11.5 Å². The zero-order valence-corrected chi connectivity index (χ0v) is 11.6. The summed E-state index contributed by atoms with van der Waals surface area (Å²) in [7, 11) is 1.64. The Labute approximate surface area is 114 Å². The average Bonchev–Trinajstić information content (AvgIpc) is 2.61. The Morgan fingerprint density at radius 1 is 1.53 bits per heavy atom. The summed E-state index contributed by atoms with van der Waals surface area (Å²) in [6.07, 6.45) is 3.26. The van der Waals surface area contributed by atoms with Crippen LogP contribution in [0.5, 0.6) is 11.5 Å². The van der Waals surface area contributed by atoms with Crippen LogP contribution in [0.4, 0.5) is 0 Å². The lowest BCUT2D eigenvalue weighted by Gasteiger charge is -2.19.